The fourth-order valence-corrected chi connectivity index (χ4v) is 4.69. The number of aromatic amines is 1. The molecule has 2 aromatic carbocycles. The van der Waals surface area contributed by atoms with Gasteiger partial charge in [-0.15, -0.1) is 11.8 Å². The number of amides is 2. The van der Waals surface area contributed by atoms with E-state index in [-0.39, 0.29) is 11.8 Å². The van der Waals surface area contributed by atoms with Crippen LogP contribution in [0.25, 0.3) is 10.9 Å². The number of hydrogen-bond donors (Lipinski definition) is 2. The average molecular weight is 422 g/mol. The Morgan fingerprint density at radius 1 is 1.00 bits per heavy atom. The smallest absolute Gasteiger partial charge is 0.245 e. The first kappa shape index (κ1) is 20.5. The summed E-state index contributed by atoms with van der Waals surface area (Å²) in [6.45, 7) is 1.55. The highest BCUT2D eigenvalue weighted by atomic mass is 32.2. The van der Waals surface area contributed by atoms with Gasteiger partial charge in [0.15, 0.2) is 0 Å². The van der Waals surface area contributed by atoms with Crippen LogP contribution in [0.5, 0.6) is 0 Å². The van der Waals surface area contributed by atoms with Crippen LogP contribution >= 0.6 is 11.8 Å². The summed E-state index contributed by atoms with van der Waals surface area (Å²) in [5, 5.41) is 4.12. The largest absolute Gasteiger partial charge is 0.361 e. The van der Waals surface area contributed by atoms with E-state index in [0.29, 0.717) is 12.2 Å². The van der Waals surface area contributed by atoms with Crippen molar-refractivity contribution in [3.05, 3.63) is 66.4 Å². The second kappa shape index (κ2) is 9.85. The molecule has 1 atom stereocenters. The zero-order valence-electron chi connectivity index (χ0n) is 17.0. The zero-order chi connectivity index (χ0) is 20.8. The second-order valence-electron chi connectivity index (χ2n) is 7.67. The monoisotopic (exact) mass is 421 g/mol. The fraction of sp³-hybridized carbons (Fsp3) is 0.333. The normalized spacial score (nSPS) is 15.1. The summed E-state index contributed by atoms with van der Waals surface area (Å²) in [7, 11) is 0. The number of rotatable bonds is 7. The SMILES string of the molecule is O=C(CSc1ccccc1)NC(Cc1c[nH]c2ccccc12)C(=O)N1CCCCC1. The number of carbonyl (C=O) groups is 2. The number of carbonyl (C=O) groups excluding carboxylic acids is 2. The Hall–Kier alpha value is -2.73. The Kier molecular flexibility index (Phi) is 6.74. The quantitative estimate of drug-likeness (QED) is 0.567. The molecule has 0 spiro atoms. The van der Waals surface area contributed by atoms with Crippen molar-refractivity contribution in [3.8, 4) is 0 Å². The Balaban J connectivity index is 1.47. The molecule has 1 fully saturated rings. The number of benzene rings is 2. The van der Waals surface area contributed by atoms with Crippen LogP contribution in [0.1, 0.15) is 24.8 Å². The van der Waals surface area contributed by atoms with Crippen LogP contribution in [0.2, 0.25) is 0 Å². The number of aromatic nitrogens is 1. The third-order valence-electron chi connectivity index (χ3n) is 5.51. The number of para-hydroxylation sites is 1. The van der Waals surface area contributed by atoms with E-state index in [0.717, 1.165) is 53.7 Å². The van der Waals surface area contributed by atoms with Gasteiger partial charge in [0.1, 0.15) is 6.04 Å². The Labute approximate surface area is 181 Å². The number of piperidine rings is 1. The number of fused-ring (bicyclic) bond motifs is 1. The molecule has 156 valence electrons. The molecule has 2 amide bonds. The summed E-state index contributed by atoms with van der Waals surface area (Å²) < 4.78 is 0. The molecule has 0 saturated carbocycles. The lowest BCUT2D eigenvalue weighted by Gasteiger charge is -2.30. The molecule has 2 N–H and O–H groups in total. The maximum absolute atomic E-state index is 13.3. The first-order valence-electron chi connectivity index (χ1n) is 10.5. The van der Waals surface area contributed by atoms with Crippen LogP contribution in [0.4, 0.5) is 0 Å². The number of thioether (sulfide) groups is 1. The van der Waals surface area contributed by atoms with Gasteiger partial charge in [0.25, 0.3) is 0 Å². The van der Waals surface area contributed by atoms with Crippen LogP contribution in [-0.4, -0.2) is 46.6 Å². The molecule has 4 rings (SSSR count). The van der Waals surface area contributed by atoms with E-state index in [1.165, 1.54) is 11.8 Å². The number of nitrogens with one attached hydrogen (secondary N) is 2. The Morgan fingerprint density at radius 3 is 2.53 bits per heavy atom. The molecular formula is C24H27N3O2S. The molecule has 3 aromatic rings. The summed E-state index contributed by atoms with van der Waals surface area (Å²) in [5.74, 6) is 0.207. The van der Waals surface area contributed by atoms with Gasteiger partial charge in [0.05, 0.1) is 5.75 Å². The molecule has 1 aliphatic rings. The summed E-state index contributed by atoms with van der Waals surface area (Å²) in [6.07, 6.45) is 5.66. The maximum atomic E-state index is 13.3. The van der Waals surface area contributed by atoms with Crippen LogP contribution in [0.3, 0.4) is 0 Å². The van der Waals surface area contributed by atoms with E-state index in [2.05, 4.69) is 16.4 Å². The molecule has 2 heterocycles. The predicted octanol–water partition coefficient (Wildman–Crippen LogP) is 4.00. The van der Waals surface area contributed by atoms with Crippen molar-refractivity contribution in [1.29, 1.82) is 0 Å². The van der Waals surface area contributed by atoms with Crippen molar-refractivity contribution in [2.24, 2.45) is 0 Å². The number of nitrogens with zero attached hydrogens (tertiary/aromatic N) is 1. The van der Waals surface area contributed by atoms with Crippen molar-refractivity contribution in [3.63, 3.8) is 0 Å². The van der Waals surface area contributed by atoms with Gasteiger partial charge in [0.2, 0.25) is 11.8 Å². The minimum absolute atomic E-state index is 0.0260. The lowest BCUT2D eigenvalue weighted by molar-refractivity contribution is -0.136. The van der Waals surface area contributed by atoms with Crippen molar-refractivity contribution in [2.45, 2.75) is 36.6 Å². The molecule has 5 nitrogen and oxygen atoms in total. The molecule has 1 aliphatic heterocycles. The van der Waals surface area contributed by atoms with Gasteiger partial charge in [-0.3, -0.25) is 9.59 Å². The number of likely N-dealkylation sites (tertiary alicyclic amines) is 1. The van der Waals surface area contributed by atoms with E-state index >= 15 is 0 Å². The van der Waals surface area contributed by atoms with Gasteiger partial charge in [-0.2, -0.15) is 0 Å². The van der Waals surface area contributed by atoms with E-state index in [9.17, 15) is 9.59 Å². The topological polar surface area (TPSA) is 65.2 Å². The minimum Gasteiger partial charge on any atom is -0.361 e. The summed E-state index contributed by atoms with van der Waals surface area (Å²) in [6, 6.07) is 17.4. The van der Waals surface area contributed by atoms with Gasteiger partial charge in [-0.25, -0.2) is 0 Å². The lowest BCUT2D eigenvalue weighted by atomic mass is 10.0. The van der Waals surface area contributed by atoms with E-state index in [1.54, 1.807) is 0 Å². The first-order valence-corrected chi connectivity index (χ1v) is 11.5. The average Bonchev–Trinajstić information content (AvgIpc) is 3.21. The third kappa shape index (κ3) is 5.05. The standard InChI is InChI=1S/C24H27N3O2S/c28-23(17-30-19-9-3-1-4-10-19)26-22(24(29)27-13-7-2-8-14-27)15-18-16-25-21-12-6-5-11-20(18)21/h1,3-6,9-12,16,22,25H,2,7-8,13-15,17H2,(H,26,28). The molecule has 1 unspecified atom stereocenters. The Bertz CT molecular complexity index is 996. The maximum Gasteiger partial charge on any atom is 0.245 e. The van der Waals surface area contributed by atoms with Gasteiger partial charge in [-0.05, 0) is 43.0 Å². The highest BCUT2D eigenvalue weighted by Gasteiger charge is 2.28. The molecule has 0 radical (unpaired) electrons. The first-order chi connectivity index (χ1) is 14.7. The predicted molar refractivity (Wildman–Crippen MR) is 122 cm³/mol. The van der Waals surface area contributed by atoms with Crippen LogP contribution < -0.4 is 5.32 Å². The highest BCUT2D eigenvalue weighted by Crippen LogP contribution is 2.21. The van der Waals surface area contributed by atoms with E-state index in [1.807, 2.05) is 59.6 Å². The van der Waals surface area contributed by atoms with Gasteiger partial charge in [-0.1, -0.05) is 36.4 Å². The molecule has 30 heavy (non-hydrogen) atoms. The molecule has 6 heteroatoms. The Morgan fingerprint density at radius 2 is 1.73 bits per heavy atom. The summed E-state index contributed by atoms with van der Waals surface area (Å²) >= 11 is 1.49. The van der Waals surface area contributed by atoms with Gasteiger partial charge < -0.3 is 15.2 Å². The highest BCUT2D eigenvalue weighted by molar-refractivity contribution is 8.00. The van der Waals surface area contributed by atoms with Crippen molar-refractivity contribution < 1.29 is 9.59 Å². The van der Waals surface area contributed by atoms with E-state index in [4.69, 9.17) is 0 Å². The summed E-state index contributed by atoms with van der Waals surface area (Å²) in [4.78, 5) is 32.2. The van der Waals surface area contributed by atoms with Crippen molar-refractivity contribution in [1.82, 2.24) is 15.2 Å². The van der Waals surface area contributed by atoms with E-state index < -0.39 is 6.04 Å². The minimum atomic E-state index is -0.550. The van der Waals surface area contributed by atoms with Crippen molar-refractivity contribution in [2.75, 3.05) is 18.8 Å². The van der Waals surface area contributed by atoms with Crippen LogP contribution in [-0.2, 0) is 16.0 Å². The second-order valence-corrected chi connectivity index (χ2v) is 8.72. The molecule has 0 aliphatic carbocycles. The zero-order valence-corrected chi connectivity index (χ0v) is 17.8. The molecule has 1 aromatic heterocycles. The number of H-pyrrole nitrogens is 1. The molecule has 0 bridgehead atoms. The van der Waals surface area contributed by atoms with Crippen LogP contribution in [0, 0.1) is 0 Å². The molecule has 1 saturated heterocycles. The van der Waals surface area contributed by atoms with Crippen molar-refractivity contribution >= 4 is 34.5 Å². The van der Waals surface area contributed by atoms with Gasteiger partial charge >= 0.3 is 0 Å². The number of hydrogen-bond acceptors (Lipinski definition) is 3. The lowest BCUT2D eigenvalue weighted by Crippen LogP contribution is -2.51. The van der Waals surface area contributed by atoms with Gasteiger partial charge in [0, 0.05) is 41.5 Å². The fourth-order valence-electron chi connectivity index (χ4n) is 3.96. The molecular weight excluding hydrogens is 394 g/mol. The third-order valence-corrected chi connectivity index (χ3v) is 6.53. The van der Waals surface area contributed by atoms with Crippen LogP contribution in [0.15, 0.2) is 65.7 Å². The summed E-state index contributed by atoms with van der Waals surface area (Å²) in [5.41, 5.74) is 2.10.